The first kappa shape index (κ1) is 37.6. The van der Waals surface area contributed by atoms with E-state index in [4.69, 9.17) is 19.9 Å². The molecule has 17 nitrogen and oxygen atoms in total. The van der Waals surface area contributed by atoms with E-state index in [0.717, 1.165) is 22.3 Å². The molecule has 9 atom stereocenters. The molecule has 2 fully saturated rings. The molecule has 2 aliphatic heterocycles. The molecule has 17 heteroatoms. The summed E-state index contributed by atoms with van der Waals surface area (Å²) in [7, 11) is 0. The van der Waals surface area contributed by atoms with Crippen LogP contribution in [0.1, 0.15) is 42.7 Å². The number of carboxylic acids is 1. The average Bonchev–Trinajstić information content (AvgIpc) is 3.67. The number of carbonyl (C=O) groups excluding carboxylic acids is 4. The number of hydrogen-bond acceptors (Lipinski definition) is 12. The van der Waals surface area contributed by atoms with Crippen LogP contribution in [0.5, 0.6) is 0 Å². The Kier molecular flexibility index (Phi) is 12.2. The first-order chi connectivity index (χ1) is 24.3. The number of rotatable bonds is 15. The van der Waals surface area contributed by atoms with Crippen molar-refractivity contribution in [3.05, 3.63) is 59.7 Å². The van der Waals surface area contributed by atoms with Crippen molar-refractivity contribution in [3.8, 4) is 11.1 Å². The number of primary amides is 1. The van der Waals surface area contributed by atoms with E-state index in [-0.39, 0.29) is 44.9 Å². The van der Waals surface area contributed by atoms with E-state index in [2.05, 4.69) is 16.0 Å². The molecule has 10 N–H and O–H groups in total. The number of carbonyl (C=O) groups is 5. The Hall–Kier alpha value is -4.65. The van der Waals surface area contributed by atoms with Crippen molar-refractivity contribution >= 4 is 29.8 Å². The standard InChI is InChI=1S/C34H42N4O13/c35-26(39)11-22-29(42)31(44)25(50-22)14-37-28(41)12-23-30(43)32(45)24(51-23)13-36-27(40)10-9-21(33(46)47)38-34(48)49-15-20-18-7-3-1-5-16(18)17-6-2-4-8-19(17)20/h1-8,20-25,29-32,42-45H,9-15H2,(H2,35,39)(H,36,40)(H,37,41)(H,38,48)(H,46,47)/t21-,22-,23-,24+,25+,29-,30-,31+,32+/m0/s1. The van der Waals surface area contributed by atoms with Crippen LogP contribution < -0.4 is 21.7 Å². The van der Waals surface area contributed by atoms with E-state index in [1.54, 1.807) is 0 Å². The second kappa shape index (κ2) is 16.6. The number of carboxylic acid groups (broad SMARTS) is 1. The van der Waals surface area contributed by atoms with Crippen molar-refractivity contribution in [2.24, 2.45) is 5.73 Å². The lowest BCUT2D eigenvalue weighted by Crippen LogP contribution is -2.43. The normalized spacial score (nSPS) is 27.2. The topological polar surface area (TPSA) is 276 Å². The summed E-state index contributed by atoms with van der Waals surface area (Å²) < 4.78 is 16.4. The maximum Gasteiger partial charge on any atom is 0.407 e. The van der Waals surface area contributed by atoms with Gasteiger partial charge in [0, 0.05) is 25.4 Å². The molecular weight excluding hydrogens is 672 g/mol. The van der Waals surface area contributed by atoms with E-state index < -0.39 is 91.1 Å². The van der Waals surface area contributed by atoms with Gasteiger partial charge >= 0.3 is 12.1 Å². The zero-order valence-corrected chi connectivity index (χ0v) is 27.4. The van der Waals surface area contributed by atoms with Crippen LogP contribution in [0.2, 0.25) is 0 Å². The average molecular weight is 715 g/mol. The lowest BCUT2D eigenvalue weighted by Gasteiger charge is -2.18. The van der Waals surface area contributed by atoms with Crippen molar-refractivity contribution in [1.82, 2.24) is 16.0 Å². The van der Waals surface area contributed by atoms with Crippen molar-refractivity contribution in [2.75, 3.05) is 19.7 Å². The molecule has 276 valence electrons. The Balaban J connectivity index is 1.02. The summed E-state index contributed by atoms with van der Waals surface area (Å²) in [4.78, 5) is 60.6. The zero-order chi connectivity index (χ0) is 36.8. The Bertz CT molecular complexity index is 1560. The monoisotopic (exact) mass is 714 g/mol. The molecule has 0 aromatic heterocycles. The summed E-state index contributed by atoms with van der Waals surface area (Å²) in [6, 6.07) is 14.1. The molecule has 0 saturated carbocycles. The van der Waals surface area contributed by atoms with Gasteiger partial charge < -0.3 is 61.4 Å². The highest BCUT2D eigenvalue weighted by atomic mass is 16.6. The number of alkyl carbamates (subject to hydrolysis) is 1. The minimum absolute atomic E-state index is 0.0219. The van der Waals surface area contributed by atoms with E-state index >= 15 is 0 Å². The van der Waals surface area contributed by atoms with Crippen LogP contribution in [0.15, 0.2) is 48.5 Å². The predicted octanol–water partition coefficient (Wildman–Crippen LogP) is -1.77. The number of aliphatic hydroxyl groups is 4. The van der Waals surface area contributed by atoms with Gasteiger partial charge in [-0.25, -0.2) is 9.59 Å². The number of aliphatic hydroxyl groups excluding tert-OH is 4. The van der Waals surface area contributed by atoms with Gasteiger partial charge in [-0.2, -0.15) is 0 Å². The fourth-order valence-corrected chi connectivity index (χ4v) is 6.61. The SMILES string of the molecule is NC(=O)C[C@@H]1O[C@H](CNC(=O)C[C@@H]2O[C@H](CNC(=O)CC[C@H](NC(=O)OCC3c4ccccc4-c4ccccc43)C(=O)O)[C@@H](O)[C@H]2O)[C@@H](O)[C@H]1O. The molecule has 2 saturated heterocycles. The summed E-state index contributed by atoms with van der Waals surface area (Å²) in [5.41, 5.74) is 9.17. The molecule has 3 aliphatic rings. The molecule has 1 aliphatic carbocycles. The third kappa shape index (κ3) is 8.99. The molecule has 51 heavy (non-hydrogen) atoms. The van der Waals surface area contributed by atoms with Crippen molar-refractivity contribution in [3.63, 3.8) is 0 Å². The molecule has 0 bridgehead atoms. The molecule has 2 aromatic rings. The summed E-state index contributed by atoms with van der Waals surface area (Å²) in [5.74, 6) is -3.58. The van der Waals surface area contributed by atoms with Crippen LogP contribution in [0.25, 0.3) is 11.1 Å². The lowest BCUT2D eigenvalue weighted by molar-refractivity contribution is -0.139. The molecule has 0 spiro atoms. The Morgan fingerprint density at radius 1 is 0.725 bits per heavy atom. The van der Waals surface area contributed by atoms with Gasteiger partial charge in [0.15, 0.2) is 0 Å². The van der Waals surface area contributed by atoms with Crippen molar-refractivity contribution in [2.45, 2.75) is 86.5 Å². The number of hydrogen-bond donors (Lipinski definition) is 9. The number of aliphatic carboxylic acids is 1. The van der Waals surface area contributed by atoms with E-state index in [1.165, 1.54) is 0 Å². The summed E-state index contributed by atoms with van der Waals surface area (Å²) in [6.45, 7) is -0.523. The fourth-order valence-electron chi connectivity index (χ4n) is 6.61. The first-order valence-corrected chi connectivity index (χ1v) is 16.5. The van der Waals surface area contributed by atoms with Gasteiger partial charge in [0.05, 0.1) is 25.0 Å². The Morgan fingerprint density at radius 3 is 1.75 bits per heavy atom. The number of nitrogens with one attached hydrogen (secondary N) is 3. The summed E-state index contributed by atoms with van der Waals surface area (Å²) in [5, 5.41) is 57.9. The highest BCUT2D eigenvalue weighted by Crippen LogP contribution is 2.44. The third-order valence-corrected chi connectivity index (χ3v) is 9.31. The maximum absolute atomic E-state index is 12.6. The van der Waals surface area contributed by atoms with Crippen LogP contribution in [0.4, 0.5) is 4.79 Å². The van der Waals surface area contributed by atoms with E-state index in [9.17, 15) is 49.5 Å². The summed E-state index contributed by atoms with van der Waals surface area (Å²) in [6.07, 6.45) is -12.3. The highest BCUT2D eigenvalue weighted by molar-refractivity contribution is 5.82. The first-order valence-electron chi connectivity index (χ1n) is 16.5. The molecule has 2 heterocycles. The Labute approximate surface area is 292 Å². The molecule has 0 radical (unpaired) electrons. The van der Waals surface area contributed by atoms with Gasteiger partial charge in [-0.15, -0.1) is 0 Å². The number of ether oxygens (including phenoxy) is 3. The second-order valence-corrected chi connectivity index (χ2v) is 12.8. The number of benzene rings is 2. The fraction of sp³-hybridized carbons (Fsp3) is 0.500. The summed E-state index contributed by atoms with van der Waals surface area (Å²) >= 11 is 0. The lowest BCUT2D eigenvalue weighted by atomic mass is 9.98. The van der Waals surface area contributed by atoms with Gasteiger partial charge in [-0.1, -0.05) is 48.5 Å². The van der Waals surface area contributed by atoms with Gasteiger partial charge in [0.1, 0.15) is 49.3 Å². The maximum atomic E-state index is 12.6. The molecule has 2 aromatic carbocycles. The van der Waals surface area contributed by atoms with Crippen LogP contribution in [-0.2, 0) is 33.4 Å². The minimum atomic E-state index is -1.48. The molecular formula is C34H42N4O13. The molecule has 4 amide bonds. The number of nitrogens with two attached hydrogens (primary N) is 1. The van der Waals surface area contributed by atoms with Gasteiger partial charge in [0.25, 0.3) is 0 Å². The second-order valence-electron chi connectivity index (χ2n) is 12.8. The van der Waals surface area contributed by atoms with Crippen LogP contribution in [0.3, 0.4) is 0 Å². The molecule has 5 rings (SSSR count). The van der Waals surface area contributed by atoms with Crippen LogP contribution >= 0.6 is 0 Å². The van der Waals surface area contributed by atoms with Gasteiger partial charge in [-0.3, -0.25) is 14.4 Å². The van der Waals surface area contributed by atoms with Crippen LogP contribution in [0, 0.1) is 0 Å². The van der Waals surface area contributed by atoms with Gasteiger partial charge in [-0.05, 0) is 28.7 Å². The number of amides is 4. The van der Waals surface area contributed by atoms with E-state index in [0.29, 0.717) is 0 Å². The van der Waals surface area contributed by atoms with Crippen molar-refractivity contribution in [1.29, 1.82) is 0 Å². The quantitative estimate of drug-likeness (QED) is 0.0990. The Morgan fingerprint density at radius 2 is 1.22 bits per heavy atom. The van der Waals surface area contributed by atoms with Crippen LogP contribution in [-0.4, -0.2) is 130 Å². The zero-order valence-electron chi connectivity index (χ0n) is 27.4. The largest absolute Gasteiger partial charge is 0.480 e. The smallest absolute Gasteiger partial charge is 0.407 e. The third-order valence-electron chi connectivity index (χ3n) is 9.31. The highest BCUT2D eigenvalue weighted by Gasteiger charge is 2.45. The predicted molar refractivity (Wildman–Crippen MR) is 175 cm³/mol. The van der Waals surface area contributed by atoms with Crippen molar-refractivity contribution < 1.29 is 63.7 Å². The van der Waals surface area contributed by atoms with Gasteiger partial charge in [0.2, 0.25) is 17.7 Å². The minimum Gasteiger partial charge on any atom is -0.480 e. The number of fused-ring (bicyclic) bond motifs is 3. The molecule has 0 unspecified atom stereocenters. The van der Waals surface area contributed by atoms with E-state index in [1.807, 2.05) is 48.5 Å².